The molecule has 1 aliphatic carbocycles. The number of halogens is 1. The minimum atomic E-state index is -3.35. The summed E-state index contributed by atoms with van der Waals surface area (Å²) in [5.74, 6) is 0.692. The fourth-order valence-corrected chi connectivity index (χ4v) is 5.44. The van der Waals surface area contributed by atoms with Crippen LogP contribution in [0.3, 0.4) is 0 Å². The van der Waals surface area contributed by atoms with Gasteiger partial charge in [0.1, 0.15) is 0 Å². The van der Waals surface area contributed by atoms with E-state index in [1.54, 1.807) is 14.2 Å². The average molecular weight is 536 g/mol. The summed E-state index contributed by atoms with van der Waals surface area (Å²) in [6, 6.07) is 7.71. The van der Waals surface area contributed by atoms with E-state index < -0.39 is 10.0 Å². The van der Waals surface area contributed by atoms with E-state index >= 15 is 0 Å². The lowest BCUT2D eigenvalue weighted by Gasteiger charge is -2.42. The molecule has 29 heavy (non-hydrogen) atoms. The highest BCUT2D eigenvalue weighted by Gasteiger charge is 2.36. The van der Waals surface area contributed by atoms with Crippen LogP contribution in [-0.2, 0) is 21.2 Å². The molecule has 1 heterocycles. The van der Waals surface area contributed by atoms with Gasteiger partial charge in [0.15, 0.2) is 5.96 Å². The molecule has 7 nitrogen and oxygen atoms in total. The summed E-state index contributed by atoms with van der Waals surface area (Å²) < 4.78 is 32.3. The van der Waals surface area contributed by atoms with E-state index in [4.69, 9.17) is 4.74 Å². The van der Waals surface area contributed by atoms with Crippen LogP contribution in [0, 0.1) is 5.41 Å². The largest absolute Gasteiger partial charge is 0.385 e. The first kappa shape index (κ1) is 24.2. The van der Waals surface area contributed by atoms with Gasteiger partial charge in [0.2, 0.25) is 10.0 Å². The average Bonchev–Trinajstić information content (AvgIpc) is 3.10. The van der Waals surface area contributed by atoms with Crippen molar-refractivity contribution in [3.63, 3.8) is 0 Å². The van der Waals surface area contributed by atoms with E-state index in [0.717, 1.165) is 37.2 Å². The molecule has 164 valence electrons. The third-order valence-corrected chi connectivity index (χ3v) is 7.71. The number of aliphatic imine (C=N–C) groups is 1. The Labute approximate surface area is 191 Å². The molecule has 0 amide bonds. The number of para-hydroxylation sites is 1. The van der Waals surface area contributed by atoms with Gasteiger partial charge in [-0.05, 0) is 42.7 Å². The second kappa shape index (κ2) is 10.8. The number of hydrogen-bond donors (Lipinski definition) is 2. The molecule has 1 aromatic rings. The number of fused-ring (bicyclic) bond motifs is 1. The van der Waals surface area contributed by atoms with Crippen LogP contribution in [0.15, 0.2) is 29.3 Å². The van der Waals surface area contributed by atoms with Gasteiger partial charge in [-0.3, -0.25) is 9.30 Å². The van der Waals surface area contributed by atoms with Crippen molar-refractivity contribution < 1.29 is 13.2 Å². The Morgan fingerprint density at radius 2 is 2.03 bits per heavy atom. The molecule has 9 heteroatoms. The second-order valence-corrected chi connectivity index (χ2v) is 9.73. The Kier molecular flexibility index (Phi) is 9.02. The van der Waals surface area contributed by atoms with Gasteiger partial charge >= 0.3 is 0 Å². The molecule has 0 atom stereocenters. The van der Waals surface area contributed by atoms with Crippen molar-refractivity contribution in [2.24, 2.45) is 10.4 Å². The van der Waals surface area contributed by atoms with Gasteiger partial charge in [-0.15, -0.1) is 24.0 Å². The van der Waals surface area contributed by atoms with Crippen LogP contribution >= 0.6 is 24.0 Å². The number of guanidine groups is 1. The lowest BCUT2D eigenvalue weighted by Crippen LogP contribution is -2.48. The van der Waals surface area contributed by atoms with Crippen molar-refractivity contribution in [1.29, 1.82) is 0 Å². The van der Waals surface area contributed by atoms with Crippen LogP contribution < -0.4 is 14.9 Å². The predicted molar refractivity (Wildman–Crippen MR) is 129 cm³/mol. The molecule has 0 radical (unpaired) electrons. The summed E-state index contributed by atoms with van der Waals surface area (Å²) in [5.41, 5.74) is 2.19. The first-order valence-electron chi connectivity index (χ1n) is 10.0. The predicted octanol–water partition coefficient (Wildman–Crippen LogP) is 2.37. The molecule has 0 unspecified atom stereocenters. The lowest BCUT2D eigenvalue weighted by molar-refractivity contribution is 0.0733. The first-order chi connectivity index (χ1) is 13.5. The quantitative estimate of drug-likeness (QED) is 0.288. The van der Waals surface area contributed by atoms with Crippen LogP contribution in [0.1, 0.15) is 31.2 Å². The van der Waals surface area contributed by atoms with Crippen molar-refractivity contribution >= 4 is 45.6 Å². The van der Waals surface area contributed by atoms with E-state index in [9.17, 15) is 8.42 Å². The number of nitrogens with zero attached hydrogens (tertiary/aromatic N) is 2. The molecule has 1 aromatic carbocycles. The van der Waals surface area contributed by atoms with Crippen molar-refractivity contribution in [3.05, 3.63) is 29.8 Å². The highest BCUT2D eigenvalue weighted by atomic mass is 127. The maximum absolute atomic E-state index is 12.8. The van der Waals surface area contributed by atoms with E-state index in [1.807, 2.05) is 24.3 Å². The summed E-state index contributed by atoms with van der Waals surface area (Å²) >= 11 is 0. The fourth-order valence-electron chi connectivity index (χ4n) is 4.01. The monoisotopic (exact) mass is 536 g/mol. The Bertz CT molecular complexity index is 797. The molecule has 3 rings (SSSR count). The number of methoxy groups -OCH3 is 1. The number of nitrogens with one attached hydrogen (secondary N) is 2. The number of ether oxygens (including phenoxy) is 1. The van der Waals surface area contributed by atoms with Gasteiger partial charge in [-0.2, -0.15) is 0 Å². The molecule has 1 saturated carbocycles. The molecule has 0 aromatic heterocycles. The third kappa shape index (κ3) is 5.97. The second-order valence-electron chi connectivity index (χ2n) is 7.72. The van der Waals surface area contributed by atoms with Crippen molar-refractivity contribution in [2.45, 2.75) is 32.1 Å². The van der Waals surface area contributed by atoms with Gasteiger partial charge in [-0.25, -0.2) is 8.42 Å². The number of benzene rings is 1. The smallest absolute Gasteiger partial charge is 0.236 e. The SMILES string of the molecule is CN=C(NCCS(=O)(=O)N1CCc2ccccc21)NCC1(CCOC)CCC1.I. The van der Waals surface area contributed by atoms with E-state index in [0.29, 0.717) is 19.0 Å². The fraction of sp³-hybridized carbons (Fsp3) is 0.650. The maximum atomic E-state index is 12.8. The zero-order valence-electron chi connectivity index (χ0n) is 17.3. The van der Waals surface area contributed by atoms with Crippen molar-refractivity contribution in [2.75, 3.05) is 50.5 Å². The van der Waals surface area contributed by atoms with E-state index in [-0.39, 0.29) is 35.1 Å². The molecular weight excluding hydrogens is 503 g/mol. The molecule has 2 aliphatic rings. The Balaban J connectivity index is 0.00000300. The van der Waals surface area contributed by atoms with E-state index in [2.05, 4.69) is 15.6 Å². The van der Waals surface area contributed by atoms with Gasteiger partial charge in [0, 0.05) is 40.4 Å². The van der Waals surface area contributed by atoms with Crippen LogP contribution in [0.25, 0.3) is 0 Å². The summed E-state index contributed by atoms with van der Waals surface area (Å²) in [6.45, 7) is 2.45. The Hall–Kier alpha value is -1.07. The summed E-state index contributed by atoms with van der Waals surface area (Å²) in [6.07, 6.45) is 5.46. The number of hydrogen-bond acceptors (Lipinski definition) is 4. The standard InChI is InChI=1S/C20H32N4O3S.HI/c1-21-19(23-16-20(9-5-10-20)11-14-27-2)22-12-15-28(25,26)24-13-8-17-6-3-4-7-18(17)24;/h3-4,6-7H,5,8-16H2,1-2H3,(H2,21,22,23);1H. The molecule has 0 spiro atoms. The molecule has 2 N–H and O–H groups in total. The summed E-state index contributed by atoms with van der Waals surface area (Å²) in [5, 5.41) is 6.52. The van der Waals surface area contributed by atoms with Crippen molar-refractivity contribution in [1.82, 2.24) is 10.6 Å². The van der Waals surface area contributed by atoms with Crippen LogP contribution in [-0.4, -0.2) is 60.5 Å². The Morgan fingerprint density at radius 1 is 1.28 bits per heavy atom. The molecule has 1 fully saturated rings. The Morgan fingerprint density at radius 3 is 2.69 bits per heavy atom. The highest BCUT2D eigenvalue weighted by Crippen LogP contribution is 2.43. The van der Waals surface area contributed by atoms with Gasteiger partial charge < -0.3 is 15.4 Å². The minimum Gasteiger partial charge on any atom is -0.385 e. The van der Waals surface area contributed by atoms with Gasteiger partial charge in [0.05, 0.1) is 11.4 Å². The van der Waals surface area contributed by atoms with Gasteiger partial charge in [0.25, 0.3) is 0 Å². The lowest BCUT2D eigenvalue weighted by atomic mass is 9.67. The number of sulfonamides is 1. The van der Waals surface area contributed by atoms with Gasteiger partial charge in [-0.1, -0.05) is 24.6 Å². The molecule has 0 bridgehead atoms. The number of anilines is 1. The zero-order valence-corrected chi connectivity index (χ0v) is 20.5. The van der Waals surface area contributed by atoms with Crippen LogP contribution in [0.2, 0.25) is 0 Å². The molecule has 0 saturated heterocycles. The first-order valence-corrected chi connectivity index (χ1v) is 11.6. The van der Waals surface area contributed by atoms with Crippen molar-refractivity contribution in [3.8, 4) is 0 Å². The van der Waals surface area contributed by atoms with E-state index in [1.165, 1.54) is 23.6 Å². The minimum absolute atomic E-state index is 0. The maximum Gasteiger partial charge on any atom is 0.236 e. The zero-order chi connectivity index (χ0) is 20.0. The number of rotatable bonds is 9. The topological polar surface area (TPSA) is 83.0 Å². The summed E-state index contributed by atoms with van der Waals surface area (Å²) in [7, 11) is 0.0925. The van der Waals surface area contributed by atoms with Crippen LogP contribution in [0.4, 0.5) is 5.69 Å². The highest BCUT2D eigenvalue weighted by molar-refractivity contribution is 14.0. The van der Waals surface area contributed by atoms with Crippen LogP contribution in [0.5, 0.6) is 0 Å². The summed E-state index contributed by atoms with van der Waals surface area (Å²) in [4.78, 5) is 4.24. The third-order valence-electron chi connectivity index (χ3n) is 5.94. The molecule has 1 aliphatic heterocycles. The molecular formula is C20H33IN4O3S. The normalized spacial score (nSPS) is 17.9.